The predicted molar refractivity (Wildman–Crippen MR) is 102 cm³/mol. The molecule has 8 heteroatoms. The lowest BCUT2D eigenvalue weighted by atomic mass is 9.82. The van der Waals surface area contributed by atoms with E-state index in [1.54, 1.807) is 19.1 Å². The molecule has 1 aliphatic rings. The Morgan fingerprint density at radius 2 is 2.19 bits per heavy atom. The number of carbonyl (C=O) groups excluding carboxylic acids is 1. The van der Waals surface area contributed by atoms with Crippen LogP contribution in [0.25, 0.3) is 0 Å². The fraction of sp³-hybridized carbons (Fsp3) is 0.316. The molecular weight excluding hydrogens is 369 g/mol. The summed E-state index contributed by atoms with van der Waals surface area (Å²) < 4.78 is 18.8. The number of fused-ring (bicyclic) bond motifs is 1. The van der Waals surface area contributed by atoms with E-state index in [0.29, 0.717) is 22.2 Å². The molecule has 0 bridgehead atoms. The summed E-state index contributed by atoms with van der Waals surface area (Å²) in [6.07, 6.45) is 0.941. The van der Waals surface area contributed by atoms with E-state index in [4.69, 9.17) is 4.74 Å². The molecule has 2 N–H and O–H groups in total. The Morgan fingerprint density at radius 1 is 1.41 bits per heavy atom. The van der Waals surface area contributed by atoms with Crippen molar-refractivity contribution in [1.29, 1.82) is 0 Å². The number of ether oxygens (including phenoxy) is 1. The van der Waals surface area contributed by atoms with Gasteiger partial charge in [-0.3, -0.25) is 4.79 Å². The molecule has 142 valence electrons. The van der Waals surface area contributed by atoms with Gasteiger partial charge in [0.1, 0.15) is 11.6 Å². The Morgan fingerprint density at radius 3 is 2.85 bits per heavy atom. The number of hydrogen-bond acceptors (Lipinski definition) is 6. The second-order valence-corrected chi connectivity index (χ2v) is 7.21. The minimum absolute atomic E-state index is 0.261. The van der Waals surface area contributed by atoms with Gasteiger partial charge < -0.3 is 15.0 Å². The standard InChI is InChI=1S/C19H20FN3O3S/c1-4-8-27-19-22-16-15(17(24)23-19)14(11-6-5-7-12(20)9-11)13(10(2)21-16)18(25)26-3/h5-7,9,14H,4,8H2,1-3H3,(H2,21,22,23,24). The molecule has 1 unspecified atom stereocenters. The minimum Gasteiger partial charge on any atom is -0.466 e. The Hall–Kier alpha value is -2.61. The molecule has 0 spiro atoms. The number of H-pyrrole nitrogens is 1. The van der Waals surface area contributed by atoms with Gasteiger partial charge in [0.2, 0.25) is 0 Å². The quantitative estimate of drug-likeness (QED) is 0.463. The van der Waals surface area contributed by atoms with E-state index < -0.39 is 17.7 Å². The third-order valence-corrected chi connectivity index (χ3v) is 5.33. The van der Waals surface area contributed by atoms with Gasteiger partial charge in [-0.25, -0.2) is 14.2 Å². The van der Waals surface area contributed by atoms with Crippen molar-refractivity contribution in [3.8, 4) is 0 Å². The number of carbonyl (C=O) groups is 1. The van der Waals surface area contributed by atoms with Crippen LogP contribution >= 0.6 is 11.8 Å². The average molecular weight is 389 g/mol. The summed E-state index contributed by atoms with van der Waals surface area (Å²) in [5, 5.41) is 3.54. The molecule has 1 atom stereocenters. The molecule has 6 nitrogen and oxygen atoms in total. The Balaban J connectivity index is 2.21. The highest BCUT2D eigenvalue weighted by Crippen LogP contribution is 2.40. The molecule has 0 radical (unpaired) electrons. The lowest BCUT2D eigenvalue weighted by molar-refractivity contribution is -0.136. The number of nitrogens with one attached hydrogen (secondary N) is 2. The number of benzene rings is 1. The minimum atomic E-state index is -0.772. The van der Waals surface area contributed by atoms with E-state index in [0.717, 1.165) is 12.2 Å². The number of anilines is 1. The topological polar surface area (TPSA) is 84.1 Å². The SMILES string of the molecule is CCCSc1nc2c(c(=O)[nH]1)C(c1cccc(F)c1)C(C(=O)OC)=C(C)N2. The van der Waals surface area contributed by atoms with Crippen LogP contribution in [0.2, 0.25) is 0 Å². The fourth-order valence-corrected chi connectivity index (χ4v) is 3.82. The first-order valence-corrected chi connectivity index (χ1v) is 9.53. The smallest absolute Gasteiger partial charge is 0.336 e. The van der Waals surface area contributed by atoms with Gasteiger partial charge in [0, 0.05) is 11.4 Å². The zero-order chi connectivity index (χ0) is 19.6. The van der Waals surface area contributed by atoms with E-state index in [1.807, 2.05) is 6.92 Å². The normalized spacial score (nSPS) is 15.9. The highest BCUT2D eigenvalue weighted by Gasteiger charge is 2.36. The Labute approximate surface area is 160 Å². The molecule has 2 aromatic rings. The Bertz CT molecular complexity index is 971. The number of rotatable bonds is 5. The van der Waals surface area contributed by atoms with Gasteiger partial charge in [0.25, 0.3) is 5.56 Å². The van der Waals surface area contributed by atoms with Crippen LogP contribution < -0.4 is 10.9 Å². The summed E-state index contributed by atoms with van der Waals surface area (Å²) in [5.41, 5.74) is 1.17. The van der Waals surface area contributed by atoms with Gasteiger partial charge in [0.15, 0.2) is 5.16 Å². The zero-order valence-corrected chi connectivity index (χ0v) is 16.1. The maximum absolute atomic E-state index is 13.9. The predicted octanol–water partition coefficient (Wildman–Crippen LogP) is 3.42. The average Bonchev–Trinajstić information content (AvgIpc) is 2.64. The monoisotopic (exact) mass is 389 g/mol. The van der Waals surface area contributed by atoms with E-state index in [1.165, 1.54) is 31.0 Å². The largest absolute Gasteiger partial charge is 0.466 e. The van der Waals surface area contributed by atoms with Crippen molar-refractivity contribution in [1.82, 2.24) is 9.97 Å². The maximum Gasteiger partial charge on any atom is 0.336 e. The number of allylic oxidation sites excluding steroid dienone is 1. The molecular formula is C19H20FN3O3S. The van der Waals surface area contributed by atoms with Crippen molar-refractivity contribution in [2.24, 2.45) is 0 Å². The molecule has 2 heterocycles. The van der Waals surface area contributed by atoms with Gasteiger partial charge in [-0.15, -0.1) is 0 Å². The van der Waals surface area contributed by atoms with Crippen LogP contribution in [-0.2, 0) is 9.53 Å². The van der Waals surface area contributed by atoms with Crippen LogP contribution in [-0.4, -0.2) is 28.8 Å². The number of esters is 1. The zero-order valence-electron chi connectivity index (χ0n) is 15.3. The summed E-state index contributed by atoms with van der Waals surface area (Å²) in [4.78, 5) is 32.5. The first-order valence-electron chi connectivity index (χ1n) is 8.54. The molecule has 0 aliphatic carbocycles. The van der Waals surface area contributed by atoms with Gasteiger partial charge in [-0.1, -0.05) is 30.8 Å². The first-order chi connectivity index (χ1) is 13.0. The summed E-state index contributed by atoms with van der Waals surface area (Å²) in [6, 6.07) is 5.85. The second kappa shape index (κ2) is 7.96. The summed E-state index contributed by atoms with van der Waals surface area (Å²) in [6.45, 7) is 3.75. The summed E-state index contributed by atoms with van der Waals surface area (Å²) in [5.74, 6) is -0.613. The van der Waals surface area contributed by atoms with Crippen molar-refractivity contribution < 1.29 is 13.9 Å². The number of methoxy groups -OCH3 is 1. The molecule has 1 aliphatic heterocycles. The Kier molecular flexibility index (Phi) is 5.65. The van der Waals surface area contributed by atoms with Gasteiger partial charge in [0.05, 0.1) is 24.2 Å². The van der Waals surface area contributed by atoms with E-state index >= 15 is 0 Å². The summed E-state index contributed by atoms with van der Waals surface area (Å²) >= 11 is 1.45. The van der Waals surface area contributed by atoms with Crippen LogP contribution in [0.5, 0.6) is 0 Å². The second-order valence-electron chi connectivity index (χ2n) is 6.13. The van der Waals surface area contributed by atoms with Crippen LogP contribution in [0.15, 0.2) is 45.5 Å². The number of thioether (sulfide) groups is 1. The molecule has 0 fully saturated rings. The van der Waals surface area contributed by atoms with Crippen molar-refractivity contribution in [2.75, 3.05) is 18.2 Å². The van der Waals surface area contributed by atoms with Crippen LogP contribution in [0.3, 0.4) is 0 Å². The van der Waals surface area contributed by atoms with Crippen LogP contribution in [0.4, 0.5) is 10.2 Å². The molecule has 0 saturated carbocycles. The van der Waals surface area contributed by atoms with Crippen molar-refractivity contribution in [3.05, 3.63) is 62.8 Å². The number of aromatic nitrogens is 2. The van der Waals surface area contributed by atoms with Gasteiger partial charge >= 0.3 is 5.97 Å². The van der Waals surface area contributed by atoms with Crippen LogP contribution in [0, 0.1) is 5.82 Å². The third-order valence-electron chi connectivity index (χ3n) is 4.25. The van der Waals surface area contributed by atoms with Crippen molar-refractivity contribution in [3.63, 3.8) is 0 Å². The van der Waals surface area contributed by atoms with E-state index in [2.05, 4.69) is 15.3 Å². The van der Waals surface area contributed by atoms with Crippen molar-refractivity contribution in [2.45, 2.75) is 31.3 Å². The number of aromatic amines is 1. The van der Waals surface area contributed by atoms with Gasteiger partial charge in [-0.05, 0) is 31.0 Å². The number of hydrogen-bond donors (Lipinski definition) is 2. The molecule has 0 saturated heterocycles. The fourth-order valence-electron chi connectivity index (χ4n) is 3.10. The molecule has 1 aromatic carbocycles. The van der Waals surface area contributed by atoms with Gasteiger partial charge in [-0.2, -0.15) is 0 Å². The first kappa shape index (κ1) is 19.2. The van der Waals surface area contributed by atoms with Crippen LogP contribution in [0.1, 0.15) is 37.3 Å². The van der Waals surface area contributed by atoms with E-state index in [-0.39, 0.29) is 16.7 Å². The molecule has 3 rings (SSSR count). The van der Waals surface area contributed by atoms with Crippen molar-refractivity contribution >= 4 is 23.5 Å². The number of halogens is 1. The highest BCUT2D eigenvalue weighted by molar-refractivity contribution is 7.99. The lowest BCUT2D eigenvalue weighted by Gasteiger charge is -2.28. The number of nitrogens with zero attached hydrogens (tertiary/aromatic N) is 1. The molecule has 27 heavy (non-hydrogen) atoms. The highest BCUT2D eigenvalue weighted by atomic mass is 32.2. The summed E-state index contributed by atoms with van der Waals surface area (Å²) in [7, 11) is 1.27. The maximum atomic E-state index is 13.9. The lowest BCUT2D eigenvalue weighted by Crippen LogP contribution is -2.31. The third kappa shape index (κ3) is 3.75. The molecule has 0 amide bonds. The molecule has 1 aromatic heterocycles. The van der Waals surface area contributed by atoms with E-state index in [9.17, 15) is 14.0 Å².